The van der Waals surface area contributed by atoms with Crippen molar-refractivity contribution < 1.29 is 9.59 Å². The molecule has 7 nitrogen and oxygen atoms in total. The lowest BCUT2D eigenvalue weighted by molar-refractivity contribution is -0.126. The van der Waals surface area contributed by atoms with Gasteiger partial charge in [-0.2, -0.15) is 0 Å². The molecule has 6 rings (SSSR count). The van der Waals surface area contributed by atoms with Gasteiger partial charge >= 0.3 is 0 Å². The molecular weight excluding hydrogens is 464 g/mol. The minimum Gasteiger partial charge on any atom is -0.366 e. The number of carbonyl (C=O) groups excluding carboxylic acids is 2. The smallest absolute Gasteiger partial charge is 0.250 e. The van der Waals surface area contributed by atoms with Gasteiger partial charge in [0.15, 0.2) is 0 Å². The fourth-order valence-electron chi connectivity index (χ4n) is 7.21. The molecule has 2 aromatic rings. The largest absolute Gasteiger partial charge is 0.366 e. The fraction of sp³-hybridized carbons (Fsp3) is 0.500. The Balaban J connectivity index is 1.33. The van der Waals surface area contributed by atoms with Crippen molar-refractivity contribution >= 4 is 23.2 Å². The van der Waals surface area contributed by atoms with Crippen LogP contribution < -0.4 is 21.1 Å². The molecule has 0 saturated carbocycles. The number of nitrogens with one attached hydrogen (secondary N) is 2. The van der Waals surface area contributed by atoms with Crippen LogP contribution in [0, 0.1) is 11.8 Å². The number of hydrogen-bond donors (Lipinski definition) is 2. The zero-order chi connectivity index (χ0) is 25.5. The minimum absolute atomic E-state index is 0.00221. The molecule has 37 heavy (non-hydrogen) atoms. The first-order valence-corrected chi connectivity index (χ1v) is 13.8. The number of benzene rings is 1. The normalized spacial score (nSPS) is 25.8. The summed E-state index contributed by atoms with van der Waals surface area (Å²) < 4.78 is 1.94. The number of pyridine rings is 1. The van der Waals surface area contributed by atoms with E-state index >= 15 is 0 Å². The molecule has 1 aromatic heterocycles. The number of amides is 2. The summed E-state index contributed by atoms with van der Waals surface area (Å²) >= 11 is 0. The average molecular weight is 501 g/mol. The van der Waals surface area contributed by atoms with Gasteiger partial charge in [0.1, 0.15) is 0 Å². The van der Waals surface area contributed by atoms with Gasteiger partial charge in [0.25, 0.3) is 5.56 Å². The van der Waals surface area contributed by atoms with Crippen LogP contribution in [0.15, 0.2) is 52.8 Å². The second-order valence-electron chi connectivity index (χ2n) is 11.2. The number of anilines is 2. The Morgan fingerprint density at radius 3 is 2.81 bits per heavy atom. The highest BCUT2D eigenvalue weighted by Crippen LogP contribution is 2.48. The molecule has 2 N–H and O–H groups in total. The molecule has 194 valence electrons. The molecular formula is C30H36N4O3. The molecule has 3 aliphatic heterocycles. The fourth-order valence-corrected chi connectivity index (χ4v) is 7.21. The molecule has 1 aromatic carbocycles. The third-order valence-corrected chi connectivity index (χ3v) is 8.75. The number of fused-ring (bicyclic) bond motifs is 8. The van der Waals surface area contributed by atoms with E-state index in [9.17, 15) is 14.4 Å². The first-order chi connectivity index (χ1) is 18.0. The maximum absolute atomic E-state index is 13.8. The SMILES string of the molecule is CC(=O)Nc1ccc2c(c1)CC(C(=O)NCCC1=CCCCC1)[C@H]1[C@@H]3C[C@H](CN21)Cn1c3cccc1=O. The molecule has 0 spiro atoms. The number of nitrogens with zero attached hydrogens (tertiary/aromatic N) is 2. The highest BCUT2D eigenvalue weighted by molar-refractivity contribution is 5.89. The van der Waals surface area contributed by atoms with E-state index in [1.54, 1.807) is 6.07 Å². The summed E-state index contributed by atoms with van der Waals surface area (Å²) in [5, 5.41) is 6.17. The van der Waals surface area contributed by atoms with Crippen LogP contribution in [0.25, 0.3) is 0 Å². The van der Waals surface area contributed by atoms with E-state index in [0.717, 1.165) is 61.4 Å². The Morgan fingerprint density at radius 1 is 1.11 bits per heavy atom. The molecule has 4 atom stereocenters. The second kappa shape index (κ2) is 9.84. The number of allylic oxidation sites excluding steroid dienone is 1. The van der Waals surface area contributed by atoms with Gasteiger partial charge in [0.2, 0.25) is 11.8 Å². The molecule has 1 unspecified atom stereocenters. The molecule has 4 aliphatic rings. The quantitative estimate of drug-likeness (QED) is 0.609. The number of rotatable bonds is 5. The van der Waals surface area contributed by atoms with E-state index in [2.05, 4.69) is 33.7 Å². The third kappa shape index (κ3) is 4.60. The summed E-state index contributed by atoms with van der Waals surface area (Å²) in [6, 6.07) is 11.7. The van der Waals surface area contributed by atoms with Gasteiger partial charge in [-0.25, -0.2) is 0 Å². The van der Waals surface area contributed by atoms with Crippen LogP contribution in [0.3, 0.4) is 0 Å². The second-order valence-corrected chi connectivity index (χ2v) is 11.2. The van der Waals surface area contributed by atoms with Crippen molar-refractivity contribution in [2.24, 2.45) is 11.8 Å². The summed E-state index contributed by atoms with van der Waals surface area (Å²) in [6.45, 7) is 3.72. The maximum Gasteiger partial charge on any atom is 0.250 e. The lowest BCUT2D eigenvalue weighted by Gasteiger charge is -2.54. The van der Waals surface area contributed by atoms with Gasteiger partial charge in [0.05, 0.1) is 5.92 Å². The van der Waals surface area contributed by atoms with Gasteiger partial charge in [-0.3, -0.25) is 14.4 Å². The van der Waals surface area contributed by atoms with Crippen molar-refractivity contribution in [1.82, 2.24) is 9.88 Å². The van der Waals surface area contributed by atoms with Gasteiger partial charge in [-0.15, -0.1) is 0 Å². The summed E-state index contributed by atoms with van der Waals surface area (Å²) in [6.07, 6.45) is 9.69. The molecule has 2 bridgehead atoms. The predicted octanol–water partition coefficient (Wildman–Crippen LogP) is 3.98. The molecule has 1 aliphatic carbocycles. The van der Waals surface area contributed by atoms with E-state index in [4.69, 9.17) is 0 Å². The van der Waals surface area contributed by atoms with Crippen LogP contribution in [0.2, 0.25) is 0 Å². The monoisotopic (exact) mass is 500 g/mol. The van der Waals surface area contributed by atoms with Crippen LogP contribution in [0.1, 0.15) is 62.6 Å². The lowest BCUT2D eigenvalue weighted by atomic mass is 9.69. The summed E-state index contributed by atoms with van der Waals surface area (Å²) in [5.74, 6) is 0.247. The Morgan fingerprint density at radius 2 is 2.00 bits per heavy atom. The zero-order valence-electron chi connectivity index (χ0n) is 21.5. The van der Waals surface area contributed by atoms with Crippen LogP contribution >= 0.6 is 0 Å². The van der Waals surface area contributed by atoms with E-state index in [1.165, 1.54) is 25.3 Å². The molecule has 0 radical (unpaired) electrons. The molecule has 2 amide bonds. The topological polar surface area (TPSA) is 83.4 Å². The van der Waals surface area contributed by atoms with E-state index in [1.807, 2.05) is 22.8 Å². The third-order valence-electron chi connectivity index (χ3n) is 8.75. The van der Waals surface area contributed by atoms with Crippen LogP contribution in [-0.4, -0.2) is 35.5 Å². The van der Waals surface area contributed by atoms with Crippen molar-refractivity contribution in [3.05, 3.63) is 69.7 Å². The number of aromatic nitrogens is 1. The first kappa shape index (κ1) is 24.0. The first-order valence-electron chi connectivity index (χ1n) is 13.8. The molecule has 1 fully saturated rings. The van der Waals surface area contributed by atoms with Crippen molar-refractivity contribution in [2.75, 3.05) is 23.3 Å². The van der Waals surface area contributed by atoms with E-state index in [-0.39, 0.29) is 35.3 Å². The summed E-state index contributed by atoms with van der Waals surface area (Å²) in [5.41, 5.74) is 5.59. The van der Waals surface area contributed by atoms with Crippen molar-refractivity contribution in [3.63, 3.8) is 0 Å². The zero-order valence-corrected chi connectivity index (χ0v) is 21.5. The van der Waals surface area contributed by atoms with Gasteiger partial charge in [-0.05, 0) is 80.7 Å². The van der Waals surface area contributed by atoms with Gasteiger partial charge < -0.3 is 20.1 Å². The van der Waals surface area contributed by atoms with E-state index in [0.29, 0.717) is 18.9 Å². The molecule has 7 heteroatoms. The minimum atomic E-state index is -0.228. The highest BCUT2D eigenvalue weighted by atomic mass is 16.2. The predicted molar refractivity (Wildman–Crippen MR) is 145 cm³/mol. The Kier molecular flexibility index (Phi) is 6.39. The van der Waals surface area contributed by atoms with Crippen LogP contribution in [0.5, 0.6) is 0 Å². The maximum atomic E-state index is 13.8. The van der Waals surface area contributed by atoms with Crippen LogP contribution in [-0.2, 0) is 22.6 Å². The van der Waals surface area contributed by atoms with Crippen molar-refractivity contribution in [2.45, 2.75) is 70.4 Å². The standard InChI is InChI=1S/C30H36N4O3/c1-19(35)32-23-10-11-26-22(15-23)16-25(30(37)31-13-12-20-6-3-2-4-7-20)29-24-14-21(18-34(26)29)17-33-27(24)8-5-9-28(33)36/h5-6,8-11,15,21,24-25,29H,2-4,7,12-14,16-18H2,1H3,(H,31,37)(H,32,35)/t21-,24+,25?,29+/m0/s1. The summed E-state index contributed by atoms with van der Waals surface area (Å²) in [4.78, 5) is 40.7. The van der Waals surface area contributed by atoms with E-state index < -0.39 is 0 Å². The summed E-state index contributed by atoms with van der Waals surface area (Å²) in [7, 11) is 0. The Bertz CT molecular complexity index is 1310. The van der Waals surface area contributed by atoms with Gasteiger partial charge in [-0.1, -0.05) is 17.7 Å². The number of hydrogen-bond acceptors (Lipinski definition) is 4. The number of carbonyl (C=O) groups is 2. The van der Waals surface area contributed by atoms with Crippen molar-refractivity contribution in [3.8, 4) is 0 Å². The average Bonchev–Trinajstić information content (AvgIpc) is 2.89. The Hall–Kier alpha value is -3.35. The highest BCUT2D eigenvalue weighted by Gasteiger charge is 2.49. The van der Waals surface area contributed by atoms with Gasteiger partial charge in [0, 0.05) is 61.7 Å². The van der Waals surface area contributed by atoms with Crippen LogP contribution in [0.4, 0.5) is 11.4 Å². The molecule has 1 saturated heterocycles. The van der Waals surface area contributed by atoms with Crippen molar-refractivity contribution in [1.29, 1.82) is 0 Å². The lowest BCUT2D eigenvalue weighted by Crippen LogP contribution is -2.60. The molecule has 4 heterocycles. The number of piperidine rings is 1. The Labute approximate surface area is 217 Å².